The Hall–Kier alpha value is -3.33. The first-order valence-electron chi connectivity index (χ1n) is 11.3. The molecule has 32 heavy (non-hydrogen) atoms. The normalized spacial score (nSPS) is 18.9. The van der Waals surface area contributed by atoms with Gasteiger partial charge in [0.2, 0.25) is 0 Å². The van der Waals surface area contributed by atoms with E-state index in [1.165, 1.54) is 0 Å². The molecule has 5 rings (SSSR count). The van der Waals surface area contributed by atoms with E-state index < -0.39 is 0 Å². The Morgan fingerprint density at radius 1 is 1.22 bits per heavy atom. The Morgan fingerprint density at radius 2 is 2.03 bits per heavy atom. The maximum atomic E-state index is 13.0. The van der Waals surface area contributed by atoms with Gasteiger partial charge in [-0.25, -0.2) is 4.98 Å². The second kappa shape index (κ2) is 7.67. The van der Waals surface area contributed by atoms with Crippen LogP contribution in [0.4, 0.5) is 5.82 Å². The summed E-state index contributed by atoms with van der Waals surface area (Å²) < 4.78 is 0. The van der Waals surface area contributed by atoms with Crippen LogP contribution in [0.1, 0.15) is 57.6 Å². The number of hydrogen-bond acceptors (Lipinski definition) is 5. The lowest BCUT2D eigenvalue weighted by Crippen LogP contribution is -2.31. The summed E-state index contributed by atoms with van der Waals surface area (Å²) in [5.41, 5.74) is 5.50. The number of anilines is 1. The Bertz CT molecular complexity index is 1350. The number of nitrogens with one attached hydrogen (secondary N) is 3. The van der Waals surface area contributed by atoms with Crippen molar-refractivity contribution in [1.82, 2.24) is 15.4 Å². The van der Waals surface area contributed by atoms with Crippen LogP contribution in [0.5, 0.6) is 0 Å². The van der Waals surface area contributed by atoms with E-state index in [-0.39, 0.29) is 22.9 Å². The van der Waals surface area contributed by atoms with E-state index in [0.717, 1.165) is 47.1 Å². The summed E-state index contributed by atoms with van der Waals surface area (Å²) in [7, 11) is 0. The van der Waals surface area contributed by atoms with Gasteiger partial charge in [-0.1, -0.05) is 44.7 Å². The van der Waals surface area contributed by atoms with Crippen molar-refractivity contribution < 1.29 is 0 Å². The van der Waals surface area contributed by atoms with Crippen molar-refractivity contribution in [3.63, 3.8) is 0 Å². The number of hydrazone groups is 1. The van der Waals surface area contributed by atoms with Crippen LogP contribution >= 0.6 is 0 Å². The number of hydrogen-bond donors (Lipinski definition) is 3. The second-order valence-corrected chi connectivity index (χ2v) is 10.0. The zero-order valence-corrected chi connectivity index (χ0v) is 19.0. The molecule has 1 fully saturated rings. The van der Waals surface area contributed by atoms with E-state index in [2.05, 4.69) is 78.6 Å². The van der Waals surface area contributed by atoms with Crippen molar-refractivity contribution in [3.05, 3.63) is 45.9 Å². The van der Waals surface area contributed by atoms with Crippen LogP contribution in [0.25, 0.3) is 21.7 Å². The molecule has 1 aliphatic heterocycles. The SMILES string of the molecule is CC(Nc1nc2c(C#CC3CC3)c[nH]c(=O)c2c2cc(C3C=NNC3)ccc12)C(C)(C)C. The van der Waals surface area contributed by atoms with Gasteiger partial charge in [0.05, 0.1) is 16.5 Å². The van der Waals surface area contributed by atoms with Gasteiger partial charge in [0.25, 0.3) is 5.56 Å². The van der Waals surface area contributed by atoms with Crippen molar-refractivity contribution in [2.24, 2.45) is 16.4 Å². The zero-order chi connectivity index (χ0) is 22.5. The monoisotopic (exact) mass is 427 g/mol. The van der Waals surface area contributed by atoms with Gasteiger partial charge in [0, 0.05) is 47.6 Å². The number of nitrogens with zero attached hydrogens (tertiary/aromatic N) is 2. The summed E-state index contributed by atoms with van der Waals surface area (Å²) in [5.74, 6) is 8.04. The molecule has 0 saturated heterocycles. The van der Waals surface area contributed by atoms with Crippen molar-refractivity contribution in [3.8, 4) is 11.8 Å². The fraction of sp³-hybridized carbons (Fsp3) is 0.423. The molecule has 164 valence electrons. The fourth-order valence-corrected chi connectivity index (χ4v) is 3.85. The quantitative estimate of drug-likeness (QED) is 0.429. The topological polar surface area (TPSA) is 82.2 Å². The lowest BCUT2D eigenvalue weighted by Gasteiger charge is -2.29. The zero-order valence-electron chi connectivity index (χ0n) is 19.0. The van der Waals surface area contributed by atoms with Crippen LogP contribution in [0.3, 0.4) is 0 Å². The van der Waals surface area contributed by atoms with E-state index in [9.17, 15) is 4.79 Å². The predicted octanol–water partition coefficient (Wildman–Crippen LogP) is 4.36. The van der Waals surface area contributed by atoms with Crippen molar-refractivity contribution in [2.75, 3.05) is 11.9 Å². The maximum absolute atomic E-state index is 13.0. The minimum absolute atomic E-state index is 0.0532. The lowest BCUT2D eigenvalue weighted by atomic mass is 9.88. The number of fused-ring (bicyclic) bond motifs is 3. The van der Waals surface area contributed by atoms with Crippen LogP contribution in [0, 0.1) is 23.2 Å². The number of rotatable bonds is 3. The highest BCUT2D eigenvalue weighted by molar-refractivity contribution is 6.11. The van der Waals surface area contributed by atoms with E-state index in [0.29, 0.717) is 16.8 Å². The van der Waals surface area contributed by atoms with Crippen molar-refractivity contribution in [2.45, 2.75) is 52.5 Å². The molecule has 2 unspecified atom stereocenters. The molecule has 1 aliphatic carbocycles. The summed E-state index contributed by atoms with van der Waals surface area (Å²) in [6.45, 7) is 9.54. The van der Waals surface area contributed by atoms with Gasteiger partial charge in [-0.3, -0.25) is 4.79 Å². The molecule has 2 atom stereocenters. The van der Waals surface area contributed by atoms with Crippen LogP contribution in [0.15, 0.2) is 34.3 Å². The second-order valence-electron chi connectivity index (χ2n) is 10.0. The largest absolute Gasteiger partial charge is 0.367 e. The third-order valence-electron chi connectivity index (χ3n) is 6.58. The Kier molecular flexibility index (Phi) is 4.93. The fourth-order valence-electron chi connectivity index (χ4n) is 3.85. The Labute approximate surface area is 187 Å². The van der Waals surface area contributed by atoms with Gasteiger partial charge in [-0.2, -0.15) is 5.10 Å². The standard InChI is InChI=1S/C26H29N5O/c1-15(26(2,3)4)30-24-20-10-9-17(19-13-28-29-14-19)11-21(20)22-23(31-24)18(12-27-25(22)32)8-7-16-5-6-16/h9-13,15-16,19,29H,5-6,14H2,1-4H3,(H,27,32)(H,30,31). The molecule has 3 heterocycles. The molecule has 6 heteroatoms. The smallest absolute Gasteiger partial charge is 0.258 e. The summed E-state index contributed by atoms with van der Waals surface area (Å²) in [5, 5.41) is 10.2. The van der Waals surface area contributed by atoms with Crippen molar-refractivity contribution >= 4 is 33.7 Å². The summed E-state index contributed by atoms with van der Waals surface area (Å²) in [6, 6.07) is 6.48. The van der Waals surface area contributed by atoms with Gasteiger partial charge >= 0.3 is 0 Å². The molecular weight excluding hydrogens is 398 g/mol. The number of H-pyrrole nitrogens is 1. The highest BCUT2D eigenvalue weighted by Crippen LogP contribution is 2.34. The maximum Gasteiger partial charge on any atom is 0.258 e. The molecular formula is C26H29N5O. The number of aromatic nitrogens is 2. The summed E-state index contributed by atoms with van der Waals surface area (Å²) in [6.07, 6.45) is 5.93. The molecule has 3 N–H and O–H groups in total. The first-order chi connectivity index (χ1) is 15.3. The van der Waals surface area contributed by atoms with Gasteiger partial charge in [-0.05, 0) is 36.8 Å². The molecule has 0 amide bonds. The van der Waals surface area contributed by atoms with E-state index >= 15 is 0 Å². The Morgan fingerprint density at radius 3 is 2.72 bits per heavy atom. The Balaban J connectivity index is 1.77. The average Bonchev–Trinajstić information content (AvgIpc) is 3.42. The van der Waals surface area contributed by atoms with Crippen LogP contribution in [-0.2, 0) is 0 Å². The van der Waals surface area contributed by atoms with E-state index in [1.54, 1.807) is 6.20 Å². The highest BCUT2D eigenvalue weighted by atomic mass is 16.1. The predicted molar refractivity (Wildman–Crippen MR) is 131 cm³/mol. The van der Waals surface area contributed by atoms with Gasteiger partial charge in [-0.15, -0.1) is 0 Å². The van der Waals surface area contributed by atoms with Gasteiger partial charge in [0.1, 0.15) is 5.82 Å². The van der Waals surface area contributed by atoms with Gasteiger partial charge < -0.3 is 15.7 Å². The van der Waals surface area contributed by atoms with Crippen LogP contribution in [-0.4, -0.2) is 28.8 Å². The average molecular weight is 428 g/mol. The lowest BCUT2D eigenvalue weighted by molar-refractivity contribution is 0.359. The van der Waals surface area contributed by atoms with E-state index in [4.69, 9.17) is 4.98 Å². The van der Waals surface area contributed by atoms with Gasteiger partial charge in [0.15, 0.2) is 0 Å². The van der Waals surface area contributed by atoms with Crippen LogP contribution in [0.2, 0.25) is 0 Å². The third kappa shape index (κ3) is 3.84. The first-order valence-corrected chi connectivity index (χ1v) is 11.3. The van der Waals surface area contributed by atoms with Crippen molar-refractivity contribution in [1.29, 1.82) is 0 Å². The highest BCUT2D eigenvalue weighted by Gasteiger charge is 2.23. The third-order valence-corrected chi connectivity index (χ3v) is 6.58. The number of aromatic amines is 1. The summed E-state index contributed by atoms with van der Waals surface area (Å²) in [4.78, 5) is 20.9. The molecule has 6 nitrogen and oxygen atoms in total. The molecule has 1 aromatic carbocycles. The minimum Gasteiger partial charge on any atom is -0.367 e. The first kappa shape index (κ1) is 20.6. The number of benzene rings is 1. The molecule has 1 saturated carbocycles. The molecule has 2 aliphatic rings. The molecule has 2 aromatic heterocycles. The van der Waals surface area contributed by atoms with Crippen LogP contribution < -0.4 is 16.3 Å². The minimum atomic E-state index is -0.139. The number of pyridine rings is 2. The molecule has 0 radical (unpaired) electrons. The molecule has 0 bridgehead atoms. The molecule has 3 aromatic rings. The summed E-state index contributed by atoms with van der Waals surface area (Å²) >= 11 is 0. The van der Waals surface area contributed by atoms with E-state index in [1.807, 2.05) is 6.21 Å². The molecule has 0 spiro atoms.